The molecule has 0 bridgehead atoms. The van der Waals surface area contributed by atoms with E-state index < -0.39 is 5.60 Å². The van der Waals surface area contributed by atoms with Crippen LogP contribution in [-0.2, 0) is 4.74 Å². The SMILES string of the molecule is COc1ccc(OCC2CC2)c(-c2ccnc3c(C(=O)NC4CCN(C(=O)OC(C)(C)C)CC4)c(C)[nH]c23)c1. The minimum absolute atomic E-state index is 0.0375. The van der Waals surface area contributed by atoms with E-state index >= 15 is 0 Å². The number of ether oxygens (including phenoxy) is 3. The Kier molecular flexibility index (Phi) is 7.42. The van der Waals surface area contributed by atoms with E-state index in [4.69, 9.17) is 14.2 Å². The molecule has 3 aromatic rings. The summed E-state index contributed by atoms with van der Waals surface area (Å²) in [5.74, 6) is 1.96. The van der Waals surface area contributed by atoms with Crippen LogP contribution in [0.3, 0.4) is 0 Å². The summed E-state index contributed by atoms with van der Waals surface area (Å²) >= 11 is 0. The van der Waals surface area contributed by atoms with Gasteiger partial charge >= 0.3 is 6.09 Å². The van der Waals surface area contributed by atoms with Crippen LogP contribution in [0.15, 0.2) is 30.5 Å². The van der Waals surface area contributed by atoms with E-state index in [-0.39, 0.29) is 18.0 Å². The second kappa shape index (κ2) is 10.8. The zero-order valence-corrected chi connectivity index (χ0v) is 23.4. The fourth-order valence-electron chi connectivity index (χ4n) is 4.96. The van der Waals surface area contributed by atoms with Crippen molar-refractivity contribution in [2.75, 3.05) is 26.8 Å². The Morgan fingerprint density at radius 1 is 1.10 bits per heavy atom. The molecule has 2 fully saturated rings. The third-order valence-corrected chi connectivity index (χ3v) is 7.23. The molecule has 9 heteroatoms. The molecule has 1 saturated heterocycles. The van der Waals surface area contributed by atoms with Gasteiger partial charge in [-0.3, -0.25) is 9.78 Å². The number of methoxy groups -OCH3 is 1. The van der Waals surface area contributed by atoms with Gasteiger partial charge in [0, 0.05) is 42.1 Å². The third-order valence-electron chi connectivity index (χ3n) is 7.23. The fraction of sp³-hybridized carbons (Fsp3) is 0.500. The van der Waals surface area contributed by atoms with E-state index in [0.717, 1.165) is 33.8 Å². The lowest BCUT2D eigenvalue weighted by Gasteiger charge is -2.33. The summed E-state index contributed by atoms with van der Waals surface area (Å²) in [6.45, 7) is 9.23. The zero-order valence-electron chi connectivity index (χ0n) is 23.4. The van der Waals surface area contributed by atoms with Gasteiger partial charge in [-0.05, 0) is 83.6 Å². The van der Waals surface area contributed by atoms with Gasteiger partial charge in [0.2, 0.25) is 0 Å². The Hall–Kier alpha value is -3.75. The molecule has 2 amide bonds. The number of H-pyrrole nitrogens is 1. The molecular weight excluding hydrogens is 496 g/mol. The Morgan fingerprint density at radius 3 is 2.51 bits per heavy atom. The number of aromatic nitrogens is 2. The average molecular weight is 535 g/mol. The lowest BCUT2D eigenvalue weighted by Crippen LogP contribution is -2.47. The molecule has 2 aliphatic rings. The maximum Gasteiger partial charge on any atom is 0.410 e. The number of fused-ring (bicyclic) bond motifs is 1. The quantitative estimate of drug-likeness (QED) is 0.417. The van der Waals surface area contributed by atoms with E-state index in [0.29, 0.717) is 49.5 Å². The number of piperidine rings is 1. The predicted octanol–water partition coefficient (Wildman–Crippen LogP) is 5.47. The van der Waals surface area contributed by atoms with Crippen LogP contribution in [0.4, 0.5) is 4.79 Å². The number of aryl methyl sites for hydroxylation is 1. The van der Waals surface area contributed by atoms with Crippen molar-refractivity contribution >= 4 is 23.0 Å². The number of aromatic amines is 1. The molecular formula is C30H38N4O5. The van der Waals surface area contributed by atoms with Crippen LogP contribution in [0.2, 0.25) is 0 Å². The molecule has 3 heterocycles. The van der Waals surface area contributed by atoms with E-state index in [1.54, 1.807) is 18.2 Å². The molecule has 39 heavy (non-hydrogen) atoms. The van der Waals surface area contributed by atoms with E-state index in [1.807, 2.05) is 52.0 Å². The van der Waals surface area contributed by atoms with Crippen molar-refractivity contribution in [3.8, 4) is 22.6 Å². The second-order valence-electron chi connectivity index (χ2n) is 11.5. The highest BCUT2D eigenvalue weighted by atomic mass is 16.6. The molecule has 208 valence electrons. The molecule has 1 saturated carbocycles. The minimum Gasteiger partial charge on any atom is -0.497 e. The van der Waals surface area contributed by atoms with Gasteiger partial charge in [-0.1, -0.05) is 0 Å². The van der Waals surface area contributed by atoms with Crippen molar-refractivity contribution in [1.29, 1.82) is 0 Å². The number of nitrogens with zero attached hydrogens (tertiary/aromatic N) is 2. The van der Waals surface area contributed by atoms with E-state index in [1.165, 1.54) is 12.8 Å². The molecule has 5 rings (SSSR count). The van der Waals surface area contributed by atoms with Crippen molar-refractivity contribution in [2.24, 2.45) is 5.92 Å². The van der Waals surface area contributed by atoms with Crippen molar-refractivity contribution < 1.29 is 23.8 Å². The van der Waals surface area contributed by atoms with Crippen LogP contribution in [0.1, 0.15) is 62.5 Å². The normalized spacial score (nSPS) is 16.3. The maximum atomic E-state index is 13.5. The number of hydrogen-bond donors (Lipinski definition) is 2. The monoisotopic (exact) mass is 534 g/mol. The van der Waals surface area contributed by atoms with Gasteiger partial charge in [-0.15, -0.1) is 0 Å². The molecule has 0 radical (unpaired) electrons. The number of hydrogen-bond acceptors (Lipinski definition) is 6. The summed E-state index contributed by atoms with van der Waals surface area (Å²) in [4.78, 5) is 35.6. The third kappa shape index (κ3) is 6.13. The van der Waals surface area contributed by atoms with Crippen LogP contribution in [0.25, 0.3) is 22.2 Å². The Morgan fingerprint density at radius 2 is 1.85 bits per heavy atom. The van der Waals surface area contributed by atoms with Crippen LogP contribution in [0.5, 0.6) is 11.5 Å². The molecule has 0 spiro atoms. The highest BCUT2D eigenvalue weighted by Crippen LogP contribution is 2.39. The van der Waals surface area contributed by atoms with Gasteiger partial charge in [0.25, 0.3) is 5.91 Å². The van der Waals surface area contributed by atoms with Gasteiger partial charge in [0.1, 0.15) is 22.6 Å². The average Bonchev–Trinajstić information content (AvgIpc) is 3.66. The summed E-state index contributed by atoms with van der Waals surface area (Å²) in [7, 11) is 1.64. The molecule has 0 atom stereocenters. The highest BCUT2D eigenvalue weighted by molar-refractivity contribution is 6.09. The first-order valence-electron chi connectivity index (χ1n) is 13.7. The number of benzene rings is 1. The first-order chi connectivity index (χ1) is 18.6. The molecule has 1 aromatic carbocycles. The standard InChI is InChI=1S/C30H38N4O5/c1-18-25(28(35)33-20-11-14-34(15-12-20)29(36)39-30(2,3)4)27-26(32-18)22(10-13-31-27)23-16-21(37-5)8-9-24(23)38-17-19-6-7-19/h8-10,13,16,19-20,32H,6-7,11-12,14-15,17H2,1-5H3,(H,33,35). The number of amides is 2. The number of rotatable bonds is 7. The Labute approximate surface area is 229 Å². The van der Waals surface area contributed by atoms with Crippen molar-refractivity contribution in [3.05, 3.63) is 41.7 Å². The summed E-state index contributed by atoms with van der Waals surface area (Å²) in [5.41, 5.74) is 3.94. The number of likely N-dealkylation sites (tertiary alicyclic amines) is 1. The predicted molar refractivity (Wildman–Crippen MR) is 149 cm³/mol. The van der Waals surface area contributed by atoms with E-state index in [9.17, 15) is 9.59 Å². The summed E-state index contributed by atoms with van der Waals surface area (Å²) in [5, 5.41) is 3.17. The number of pyridine rings is 1. The van der Waals surface area contributed by atoms with Crippen molar-refractivity contribution in [1.82, 2.24) is 20.2 Å². The summed E-state index contributed by atoms with van der Waals surface area (Å²) in [6, 6.07) is 7.70. The molecule has 2 aromatic heterocycles. The van der Waals surface area contributed by atoms with Gasteiger partial charge in [-0.2, -0.15) is 0 Å². The molecule has 1 aliphatic heterocycles. The Bertz CT molecular complexity index is 1360. The van der Waals surface area contributed by atoms with Crippen molar-refractivity contribution in [3.63, 3.8) is 0 Å². The van der Waals surface area contributed by atoms with Crippen LogP contribution >= 0.6 is 0 Å². The molecule has 2 N–H and O–H groups in total. The second-order valence-corrected chi connectivity index (χ2v) is 11.5. The van der Waals surface area contributed by atoms with Gasteiger partial charge in [0.15, 0.2) is 0 Å². The summed E-state index contributed by atoms with van der Waals surface area (Å²) in [6.07, 6.45) is 5.16. The number of nitrogens with one attached hydrogen (secondary N) is 2. The zero-order chi connectivity index (χ0) is 27.7. The molecule has 0 unspecified atom stereocenters. The number of carbonyl (C=O) groups excluding carboxylic acids is 2. The lowest BCUT2D eigenvalue weighted by atomic mass is 10.0. The van der Waals surface area contributed by atoms with Gasteiger partial charge in [-0.25, -0.2) is 4.79 Å². The maximum absolute atomic E-state index is 13.5. The van der Waals surface area contributed by atoms with Crippen LogP contribution < -0.4 is 14.8 Å². The smallest absolute Gasteiger partial charge is 0.410 e. The number of carbonyl (C=O) groups is 2. The van der Waals surface area contributed by atoms with Crippen LogP contribution in [0, 0.1) is 12.8 Å². The lowest BCUT2D eigenvalue weighted by molar-refractivity contribution is 0.0199. The van der Waals surface area contributed by atoms with Gasteiger partial charge < -0.3 is 29.4 Å². The first-order valence-corrected chi connectivity index (χ1v) is 13.7. The first kappa shape index (κ1) is 26.8. The van der Waals surface area contributed by atoms with Crippen molar-refractivity contribution in [2.45, 2.75) is 65.0 Å². The minimum atomic E-state index is -0.532. The molecule has 1 aliphatic carbocycles. The van der Waals surface area contributed by atoms with Crippen LogP contribution in [-0.4, -0.2) is 65.3 Å². The van der Waals surface area contributed by atoms with E-state index in [2.05, 4.69) is 15.3 Å². The molecule has 9 nitrogen and oxygen atoms in total. The highest BCUT2D eigenvalue weighted by Gasteiger charge is 2.29. The van der Waals surface area contributed by atoms with Gasteiger partial charge in [0.05, 0.1) is 24.8 Å². The largest absolute Gasteiger partial charge is 0.497 e. The summed E-state index contributed by atoms with van der Waals surface area (Å²) < 4.78 is 17.2. The fourth-order valence-corrected chi connectivity index (χ4v) is 4.96. The topological polar surface area (TPSA) is 106 Å². The Balaban J connectivity index is 1.35.